The molecule has 0 unspecified atom stereocenters. The molecule has 0 bridgehead atoms. The van der Waals surface area contributed by atoms with Crippen LogP contribution in [0.1, 0.15) is 11.1 Å². The molecule has 6 heteroatoms. The number of alkyl halides is 4. The molecule has 0 aliphatic carbocycles. The van der Waals surface area contributed by atoms with Gasteiger partial charge >= 0.3 is 6.18 Å². The Bertz CT molecular complexity index is 341. The molecule has 0 N–H and O–H groups in total. The van der Waals surface area contributed by atoms with E-state index in [4.69, 9.17) is 0 Å². The molecule has 0 saturated heterocycles. The lowest BCUT2D eigenvalue weighted by atomic mass is 10.2. The van der Waals surface area contributed by atoms with E-state index in [2.05, 4.69) is 25.7 Å². The van der Waals surface area contributed by atoms with Crippen LogP contribution >= 0.6 is 15.9 Å². The number of aromatic nitrogens is 1. The van der Waals surface area contributed by atoms with E-state index in [9.17, 15) is 13.2 Å². The minimum absolute atomic E-state index is 0.0250. The molecule has 0 radical (unpaired) electrons. The maximum Gasteiger partial charge on any atom is 0.422 e. The molecule has 2 nitrogen and oxygen atoms in total. The van der Waals surface area contributed by atoms with E-state index in [0.717, 1.165) is 5.56 Å². The fourth-order valence-electron chi connectivity index (χ4n) is 0.995. The number of nitrogens with zero attached hydrogens (tertiary/aromatic N) is 1. The van der Waals surface area contributed by atoms with Crippen LogP contribution in [0.5, 0.6) is 5.88 Å². The molecule has 1 rings (SSSR count). The summed E-state index contributed by atoms with van der Waals surface area (Å²) in [4.78, 5) is 3.80. The van der Waals surface area contributed by atoms with Crippen molar-refractivity contribution < 1.29 is 17.9 Å². The van der Waals surface area contributed by atoms with Crippen molar-refractivity contribution in [2.45, 2.75) is 18.4 Å². The lowest BCUT2D eigenvalue weighted by Gasteiger charge is -2.10. The minimum atomic E-state index is -4.33. The highest BCUT2D eigenvalue weighted by molar-refractivity contribution is 9.08. The highest BCUT2D eigenvalue weighted by Gasteiger charge is 2.28. The van der Waals surface area contributed by atoms with Crippen LogP contribution in [0.4, 0.5) is 13.2 Å². The van der Waals surface area contributed by atoms with Gasteiger partial charge in [-0.2, -0.15) is 13.2 Å². The monoisotopic (exact) mass is 283 g/mol. The zero-order chi connectivity index (χ0) is 11.5. The van der Waals surface area contributed by atoms with Crippen LogP contribution < -0.4 is 4.74 Å². The summed E-state index contributed by atoms with van der Waals surface area (Å²) in [5.41, 5.74) is 1.49. The molecule has 1 aromatic rings. The van der Waals surface area contributed by atoms with Crippen molar-refractivity contribution in [3.63, 3.8) is 0 Å². The Hall–Kier alpha value is -0.780. The largest absolute Gasteiger partial charge is 0.468 e. The van der Waals surface area contributed by atoms with Crippen molar-refractivity contribution in [1.82, 2.24) is 4.98 Å². The Morgan fingerprint density at radius 2 is 2.13 bits per heavy atom. The highest BCUT2D eigenvalue weighted by Crippen LogP contribution is 2.20. The molecule has 0 aliphatic rings. The topological polar surface area (TPSA) is 22.1 Å². The minimum Gasteiger partial charge on any atom is -0.468 e. The molecule has 0 amide bonds. The molecule has 0 fully saturated rings. The van der Waals surface area contributed by atoms with Gasteiger partial charge in [-0.1, -0.05) is 15.9 Å². The van der Waals surface area contributed by atoms with Crippen LogP contribution in [0.15, 0.2) is 12.3 Å². The van der Waals surface area contributed by atoms with Gasteiger partial charge in [0.25, 0.3) is 0 Å². The van der Waals surface area contributed by atoms with Gasteiger partial charge in [-0.3, -0.25) is 0 Å². The van der Waals surface area contributed by atoms with E-state index in [1.165, 1.54) is 6.20 Å². The van der Waals surface area contributed by atoms with Crippen LogP contribution in [0.3, 0.4) is 0 Å². The number of ether oxygens (including phenoxy) is 1. The number of hydrogen-bond donors (Lipinski definition) is 0. The average Bonchev–Trinajstić information content (AvgIpc) is 2.14. The second-order valence-electron chi connectivity index (χ2n) is 3.00. The summed E-state index contributed by atoms with van der Waals surface area (Å²) in [6, 6.07) is 1.73. The Morgan fingerprint density at radius 1 is 1.47 bits per heavy atom. The second kappa shape index (κ2) is 4.83. The fraction of sp³-hybridized carbons (Fsp3) is 0.444. The molecule has 1 heterocycles. The van der Waals surface area contributed by atoms with Crippen LogP contribution in [-0.4, -0.2) is 17.8 Å². The Labute approximate surface area is 93.6 Å². The van der Waals surface area contributed by atoms with Gasteiger partial charge in [0.05, 0.1) is 0 Å². The molecule has 15 heavy (non-hydrogen) atoms. The third kappa shape index (κ3) is 4.07. The van der Waals surface area contributed by atoms with Gasteiger partial charge in [0.15, 0.2) is 6.61 Å². The van der Waals surface area contributed by atoms with Gasteiger partial charge in [-0.05, 0) is 18.6 Å². The predicted molar refractivity (Wildman–Crippen MR) is 53.2 cm³/mol. The van der Waals surface area contributed by atoms with Gasteiger partial charge in [-0.25, -0.2) is 4.98 Å². The maximum atomic E-state index is 11.9. The van der Waals surface area contributed by atoms with E-state index < -0.39 is 12.8 Å². The van der Waals surface area contributed by atoms with Crippen molar-refractivity contribution >= 4 is 15.9 Å². The first-order valence-electron chi connectivity index (χ1n) is 4.13. The van der Waals surface area contributed by atoms with E-state index in [1.54, 1.807) is 13.0 Å². The predicted octanol–water partition coefficient (Wildman–Crippen LogP) is 3.23. The van der Waals surface area contributed by atoms with Gasteiger partial charge in [-0.15, -0.1) is 0 Å². The number of rotatable bonds is 3. The third-order valence-corrected chi connectivity index (χ3v) is 2.26. The van der Waals surface area contributed by atoms with E-state index >= 15 is 0 Å². The summed E-state index contributed by atoms with van der Waals surface area (Å²) in [6.07, 6.45) is -2.85. The van der Waals surface area contributed by atoms with Gasteiger partial charge in [0.1, 0.15) is 0 Å². The lowest BCUT2D eigenvalue weighted by molar-refractivity contribution is -0.154. The van der Waals surface area contributed by atoms with Crippen LogP contribution in [0, 0.1) is 6.92 Å². The first-order valence-corrected chi connectivity index (χ1v) is 5.25. The Balaban J connectivity index is 2.70. The van der Waals surface area contributed by atoms with E-state index in [1.807, 2.05) is 0 Å². The van der Waals surface area contributed by atoms with E-state index in [-0.39, 0.29) is 5.88 Å². The zero-order valence-corrected chi connectivity index (χ0v) is 9.52. The molecule has 0 spiro atoms. The maximum absolute atomic E-state index is 11.9. The number of aryl methyl sites for hydroxylation is 1. The smallest absolute Gasteiger partial charge is 0.422 e. The molecule has 0 atom stereocenters. The van der Waals surface area contributed by atoms with Crippen LogP contribution in [0.2, 0.25) is 0 Å². The Kier molecular flexibility index (Phi) is 3.96. The standard InChI is InChI=1S/C9H9BrF3NO/c1-6-2-7(3-10)4-14-8(6)15-5-9(11,12)13/h2,4H,3,5H2,1H3. The van der Waals surface area contributed by atoms with Crippen LogP contribution in [0.25, 0.3) is 0 Å². The summed E-state index contributed by atoms with van der Waals surface area (Å²) in [6.45, 7) is 0.347. The summed E-state index contributed by atoms with van der Waals surface area (Å²) in [7, 11) is 0. The lowest BCUT2D eigenvalue weighted by Crippen LogP contribution is -2.20. The molecule has 84 valence electrons. The quantitative estimate of drug-likeness (QED) is 0.795. The van der Waals surface area contributed by atoms with Crippen molar-refractivity contribution in [3.05, 3.63) is 23.4 Å². The highest BCUT2D eigenvalue weighted by atomic mass is 79.9. The van der Waals surface area contributed by atoms with Gasteiger partial charge in [0.2, 0.25) is 5.88 Å². The molecular formula is C9H9BrF3NO. The SMILES string of the molecule is Cc1cc(CBr)cnc1OCC(F)(F)F. The van der Waals surface area contributed by atoms with Crippen molar-refractivity contribution in [1.29, 1.82) is 0 Å². The first-order chi connectivity index (χ1) is 6.92. The fourth-order valence-corrected chi connectivity index (χ4v) is 1.30. The second-order valence-corrected chi connectivity index (χ2v) is 3.56. The summed E-state index contributed by atoms with van der Waals surface area (Å²) < 4.78 is 40.1. The first kappa shape index (κ1) is 12.3. The average molecular weight is 284 g/mol. The molecule has 0 aliphatic heterocycles. The zero-order valence-electron chi connectivity index (χ0n) is 7.94. The van der Waals surface area contributed by atoms with Gasteiger partial charge < -0.3 is 4.74 Å². The Morgan fingerprint density at radius 3 is 2.60 bits per heavy atom. The molecule has 0 saturated carbocycles. The van der Waals surface area contributed by atoms with Crippen molar-refractivity contribution in [2.75, 3.05) is 6.61 Å². The molecule has 0 aromatic carbocycles. The van der Waals surface area contributed by atoms with Gasteiger partial charge in [0, 0.05) is 17.1 Å². The van der Waals surface area contributed by atoms with Crippen molar-refractivity contribution in [3.8, 4) is 5.88 Å². The molecule has 1 aromatic heterocycles. The van der Waals surface area contributed by atoms with E-state index in [0.29, 0.717) is 10.9 Å². The van der Waals surface area contributed by atoms with Crippen molar-refractivity contribution in [2.24, 2.45) is 0 Å². The molecular weight excluding hydrogens is 275 g/mol. The summed E-state index contributed by atoms with van der Waals surface area (Å²) in [5, 5.41) is 0.611. The number of hydrogen-bond acceptors (Lipinski definition) is 2. The summed E-state index contributed by atoms with van der Waals surface area (Å²) in [5.74, 6) is 0.0250. The number of pyridine rings is 1. The van der Waals surface area contributed by atoms with Crippen LogP contribution in [-0.2, 0) is 5.33 Å². The number of halogens is 4. The third-order valence-electron chi connectivity index (χ3n) is 1.61. The normalized spacial score (nSPS) is 11.5. The summed E-state index contributed by atoms with van der Waals surface area (Å²) >= 11 is 3.23.